The molecule has 3 rings (SSSR count). The van der Waals surface area contributed by atoms with E-state index in [9.17, 15) is 0 Å². The monoisotopic (exact) mass is 400 g/mol. The number of para-hydroxylation sites is 1. The fourth-order valence-electron chi connectivity index (χ4n) is 3.60. The van der Waals surface area contributed by atoms with Crippen molar-refractivity contribution in [2.75, 3.05) is 5.75 Å². The van der Waals surface area contributed by atoms with E-state index in [1.807, 2.05) is 11.4 Å². The van der Waals surface area contributed by atoms with Crippen LogP contribution in [-0.2, 0) is 0 Å². The predicted molar refractivity (Wildman–Crippen MR) is 123 cm³/mol. The zero-order valence-electron chi connectivity index (χ0n) is 16.7. The molecule has 0 N–H and O–H groups in total. The van der Waals surface area contributed by atoms with Crippen LogP contribution in [0, 0.1) is 0 Å². The lowest BCUT2D eigenvalue weighted by Gasteiger charge is -2.27. The Labute approximate surface area is 170 Å². The minimum atomic E-state index is -0.594. The van der Waals surface area contributed by atoms with E-state index >= 15 is 0 Å². The molecule has 1 aliphatic heterocycles. The molecule has 1 nitrogen and oxygen atoms in total. The highest BCUT2D eigenvalue weighted by atomic mass is 32.7. The Hall–Kier alpha value is -0.980. The quantitative estimate of drug-likeness (QED) is 0.261. The highest BCUT2D eigenvalue weighted by Gasteiger charge is 2.26. The number of rotatable bonds is 12. The normalized spacial score (nSPS) is 15.1. The number of hydrogen-bond acceptors (Lipinski definition) is 2. The second-order valence-corrected chi connectivity index (χ2v) is 11.0. The second-order valence-electron chi connectivity index (χ2n) is 7.38. The van der Waals surface area contributed by atoms with Crippen LogP contribution in [0.4, 0.5) is 0 Å². The van der Waals surface area contributed by atoms with Crippen LogP contribution < -0.4 is 9.83 Å². The van der Waals surface area contributed by atoms with Crippen LogP contribution >= 0.6 is 18.7 Å². The van der Waals surface area contributed by atoms with Crippen molar-refractivity contribution in [1.29, 1.82) is 0 Å². The lowest BCUT2D eigenvalue weighted by Crippen LogP contribution is -2.12. The van der Waals surface area contributed by atoms with Crippen LogP contribution in [0.15, 0.2) is 48.5 Å². The summed E-state index contributed by atoms with van der Waals surface area (Å²) in [4.78, 5) is 0. The zero-order chi connectivity index (χ0) is 18.7. The van der Waals surface area contributed by atoms with Gasteiger partial charge in [-0.3, -0.25) is 0 Å². The molecule has 1 aliphatic rings. The van der Waals surface area contributed by atoms with Crippen LogP contribution in [0.5, 0.6) is 5.75 Å². The summed E-state index contributed by atoms with van der Waals surface area (Å²) in [5.74, 6) is 2.26. The summed E-state index contributed by atoms with van der Waals surface area (Å²) < 4.78 is 6.38. The van der Waals surface area contributed by atoms with E-state index in [1.165, 1.54) is 86.4 Å². The van der Waals surface area contributed by atoms with Gasteiger partial charge in [-0.05, 0) is 24.1 Å². The number of hydrogen-bond donors (Lipinski definition) is 0. The first-order valence-corrected chi connectivity index (χ1v) is 13.5. The van der Waals surface area contributed by atoms with Gasteiger partial charge in [0.15, 0.2) is 7.35 Å². The molecule has 0 amide bonds. The molecule has 0 fully saturated rings. The molecule has 3 heteroatoms. The van der Waals surface area contributed by atoms with E-state index in [4.69, 9.17) is 4.52 Å². The van der Waals surface area contributed by atoms with Crippen LogP contribution in [0.1, 0.15) is 71.1 Å². The van der Waals surface area contributed by atoms with Crippen molar-refractivity contribution in [3.8, 4) is 16.9 Å². The van der Waals surface area contributed by atoms with Gasteiger partial charge in [0.05, 0.1) is 0 Å². The SMILES string of the molecule is CCCCCCCCCCCCSP1Oc2ccccc2-c2ccccc21. The van der Waals surface area contributed by atoms with Gasteiger partial charge in [-0.2, -0.15) is 0 Å². The van der Waals surface area contributed by atoms with Crippen molar-refractivity contribution in [3.05, 3.63) is 48.5 Å². The van der Waals surface area contributed by atoms with Gasteiger partial charge in [0.1, 0.15) is 5.75 Å². The topological polar surface area (TPSA) is 9.23 Å². The maximum atomic E-state index is 6.38. The van der Waals surface area contributed by atoms with Gasteiger partial charge in [0, 0.05) is 16.6 Å². The zero-order valence-corrected chi connectivity index (χ0v) is 18.4. The molecule has 0 bridgehead atoms. The van der Waals surface area contributed by atoms with E-state index in [2.05, 4.69) is 55.5 Å². The van der Waals surface area contributed by atoms with Gasteiger partial charge in [-0.25, -0.2) is 0 Å². The van der Waals surface area contributed by atoms with Crippen molar-refractivity contribution in [3.63, 3.8) is 0 Å². The lowest BCUT2D eigenvalue weighted by molar-refractivity contribution is 0.563. The Morgan fingerprint density at radius 3 is 2.04 bits per heavy atom. The first-order chi connectivity index (χ1) is 13.4. The fraction of sp³-hybridized carbons (Fsp3) is 0.500. The summed E-state index contributed by atoms with van der Waals surface area (Å²) in [5, 5.41) is 1.39. The van der Waals surface area contributed by atoms with E-state index in [1.54, 1.807) is 0 Å². The molecular formula is C24H33OPS. The summed E-state index contributed by atoms with van der Waals surface area (Å²) in [5.41, 5.74) is 2.60. The second kappa shape index (κ2) is 11.8. The minimum Gasteiger partial charge on any atom is -0.457 e. The summed E-state index contributed by atoms with van der Waals surface area (Å²) in [7, 11) is -0.594. The van der Waals surface area contributed by atoms with Crippen LogP contribution in [0.3, 0.4) is 0 Å². The summed E-state index contributed by atoms with van der Waals surface area (Å²) in [6.45, 7) is 2.29. The van der Waals surface area contributed by atoms with Gasteiger partial charge < -0.3 is 4.52 Å². The average molecular weight is 401 g/mol. The first-order valence-electron chi connectivity index (χ1n) is 10.7. The van der Waals surface area contributed by atoms with Crippen molar-refractivity contribution >= 4 is 24.0 Å². The van der Waals surface area contributed by atoms with Crippen LogP contribution in [-0.4, -0.2) is 5.75 Å². The van der Waals surface area contributed by atoms with Gasteiger partial charge in [0.2, 0.25) is 0 Å². The summed E-state index contributed by atoms with van der Waals surface area (Å²) >= 11 is 2.02. The Bertz CT molecular complexity index is 688. The molecule has 0 radical (unpaired) electrons. The van der Waals surface area contributed by atoms with Crippen molar-refractivity contribution in [2.24, 2.45) is 0 Å². The third-order valence-electron chi connectivity index (χ3n) is 5.17. The van der Waals surface area contributed by atoms with Gasteiger partial charge >= 0.3 is 0 Å². The summed E-state index contributed by atoms with van der Waals surface area (Å²) in [6, 6.07) is 17.2. The van der Waals surface area contributed by atoms with Crippen molar-refractivity contribution < 1.29 is 4.52 Å². The van der Waals surface area contributed by atoms with Crippen LogP contribution in [0.2, 0.25) is 0 Å². The van der Waals surface area contributed by atoms with E-state index < -0.39 is 7.35 Å². The summed E-state index contributed by atoms with van der Waals surface area (Å²) in [6.07, 6.45) is 14.0. The Kier molecular flexibility index (Phi) is 9.04. The number of unbranched alkanes of at least 4 members (excludes halogenated alkanes) is 9. The highest BCUT2D eigenvalue weighted by Crippen LogP contribution is 2.56. The predicted octanol–water partition coefficient (Wildman–Crippen LogP) is 8.34. The Morgan fingerprint density at radius 2 is 1.30 bits per heavy atom. The van der Waals surface area contributed by atoms with Crippen LogP contribution in [0.25, 0.3) is 11.1 Å². The van der Waals surface area contributed by atoms with Crippen molar-refractivity contribution in [1.82, 2.24) is 0 Å². The molecule has 0 spiro atoms. The smallest absolute Gasteiger partial charge is 0.180 e. The molecule has 2 aromatic carbocycles. The van der Waals surface area contributed by atoms with Gasteiger partial charge in [0.25, 0.3) is 0 Å². The number of benzene rings is 2. The molecule has 0 saturated carbocycles. The van der Waals surface area contributed by atoms with Crippen molar-refractivity contribution in [2.45, 2.75) is 71.1 Å². The molecule has 0 aliphatic carbocycles. The lowest BCUT2D eigenvalue weighted by atomic mass is 10.0. The maximum Gasteiger partial charge on any atom is 0.180 e. The molecule has 27 heavy (non-hydrogen) atoms. The van der Waals surface area contributed by atoms with Gasteiger partial charge in [-0.15, -0.1) is 0 Å². The van der Waals surface area contributed by atoms with E-state index in [-0.39, 0.29) is 0 Å². The third kappa shape index (κ3) is 6.26. The highest BCUT2D eigenvalue weighted by molar-refractivity contribution is 8.56. The molecular weight excluding hydrogens is 367 g/mol. The molecule has 146 valence electrons. The minimum absolute atomic E-state index is 0.594. The molecule has 1 atom stereocenters. The third-order valence-corrected chi connectivity index (χ3v) is 9.08. The van der Waals surface area contributed by atoms with E-state index in [0.717, 1.165) is 5.75 Å². The van der Waals surface area contributed by atoms with Gasteiger partial charge in [-0.1, -0.05) is 112 Å². The Balaban J connectivity index is 1.36. The maximum absolute atomic E-state index is 6.38. The van der Waals surface area contributed by atoms with E-state index in [0.29, 0.717) is 0 Å². The molecule has 0 saturated heterocycles. The molecule has 2 aromatic rings. The fourth-order valence-corrected chi connectivity index (χ4v) is 7.51. The first kappa shape index (κ1) is 20.7. The number of fused-ring (bicyclic) bond motifs is 3. The molecule has 1 unspecified atom stereocenters. The molecule has 1 heterocycles. The largest absolute Gasteiger partial charge is 0.457 e. The average Bonchev–Trinajstić information content (AvgIpc) is 2.72. The molecule has 0 aromatic heterocycles. The Morgan fingerprint density at radius 1 is 0.704 bits per heavy atom. The standard InChI is InChI=1S/C24H33OPS/c1-2-3-4-5-6-7-8-9-10-15-20-27-26-24-19-14-12-17-22(24)21-16-11-13-18-23(21)25-26/h11-14,16-19H,2-10,15,20H2,1H3.